The molecule has 0 saturated carbocycles. The molecule has 1 heterocycles. The molecule has 0 aromatic heterocycles. The summed E-state index contributed by atoms with van der Waals surface area (Å²) in [4.78, 5) is 12.3. The van der Waals surface area contributed by atoms with E-state index in [9.17, 15) is 4.79 Å². The van der Waals surface area contributed by atoms with Gasteiger partial charge in [0.2, 0.25) is 5.91 Å². The molecule has 1 aliphatic rings. The van der Waals surface area contributed by atoms with Crippen molar-refractivity contribution < 1.29 is 4.79 Å². The molecule has 1 aliphatic heterocycles. The summed E-state index contributed by atoms with van der Waals surface area (Å²) in [5.74, 6) is 0.0307. The molecule has 0 spiro atoms. The summed E-state index contributed by atoms with van der Waals surface area (Å²) in [5.41, 5.74) is 4.05. The molecule has 2 aromatic rings. The van der Waals surface area contributed by atoms with E-state index in [1.165, 1.54) is 5.56 Å². The van der Waals surface area contributed by atoms with Crippen molar-refractivity contribution in [2.24, 2.45) is 5.41 Å². The van der Waals surface area contributed by atoms with Gasteiger partial charge in [-0.2, -0.15) is 0 Å². The first-order valence-corrected chi connectivity index (χ1v) is 8.59. The largest absolute Gasteiger partial charge is 0.378 e. The van der Waals surface area contributed by atoms with Gasteiger partial charge in [-0.3, -0.25) is 4.79 Å². The topological polar surface area (TPSA) is 41.1 Å². The number of anilines is 2. The number of fused-ring (bicyclic) bond motifs is 1. The highest BCUT2D eigenvalue weighted by Crippen LogP contribution is 2.38. The Hall–Kier alpha value is -1.81. The first-order chi connectivity index (χ1) is 10.8. The molecule has 0 fully saturated rings. The number of carbonyl (C=O) groups is 1. The van der Waals surface area contributed by atoms with Crippen molar-refractivity contribution in [3.8, 4) is 0 Å². The highest BCUT2D eigenvalue weighted by atomic mass is 79.9. The summed E-state index contributed by atoms with van der Waals surface area (Å²) in [6.07, 6.45) is 0.914. The van der Waals surface area contributed by atoms with Crippen molar-refractivity contribution in [1.29, 1.82) is 0 Å². The second-order valence-corrected chi connectivity index (χ2v) is 7.91. The third-order valence-corrected chi connectivity index (χ3v) is 4.58. The van der Waals surface area contributed by atoms with Crippen molar-refractivity contribution in [1.82, 2.24) is 0 Å². The van der Waals surface area contributed by atoms with Gasteiger partial charge in [0.1, 0.15) is 0 Å². The van der Waals surface area contributed by atoms with Gasteiger partial charge in [-0.1, -0.05) is 54.9 Å². The monoisotopic (exact) mass is 372 g/mol. The highest BCUT2D eigenvalue weighted by Gasteiger charge is 2.26. The van der Waals surface area contributed by atoms with Crippen LogP contribution < -0.4 is 10.6 Å². The number of hydrogen-bond acceptors (Lipinski definition) is 2. The van der Waals surface area contributed by atoms with Crippen molar-refractivity contribution in [3.63, 3.8) is 0 Å². The number of carbonyl (C=O) groups excluding carboxylic acids is 1. The minimum atomic E-state index is -0.413. The lowest BCUT2D eigenvalue weighted by Gasteiger charge is -2.21. The summed E-state index contributed by atoms with van der Waals surface area (Å²) in [5, 5.41) is 6.64. The number of amides is 1. The molecule has 3 rings (SSSR count). The first kappa shape index (κ1) is 16.1. The fraction of sp³-hybridized carbons (Fsp3) is 0.316. The Morgan fingerprint density at radius 2 is 1.96 bits per heavy atom. The zero-order chi connectivity index (χ0) is 16.6. The van der Waals surface area contributed by atoms with E-state index in [2.05, 4.69) is 44.8 Å². The zero-order valence-electron chi connectivity index (χ0n) is 13.6. The minimum absolute atomic E-state index is 0.0307. The van der Waals surface area contributed by atoms with Gasteiger partial charge in [0.05, 0.1) is 6.04 Å². The maximum Gasteiger partial charge on any atom is 0.229 e. The molecule has 0 bridgehead atoms. The molecule has 0 saturated heterocycles. The van der Waals surface area contributed by atoms with Gasteiger partial charge in [-0.05, 0) is 41.8 Å². The minimum Gasteiger partial charge on any atom is -0.378 e. The molecule has 1 unspecified atom stereocenters. The van der Waals surface area contributed by atoms with Crippen LogP contribution in [0.25, 0.3) is 0 Å². The van der Waals surface area contributed by atoms with E-state index in [4.69, 9.17) is 0 Å². The fourth-order valence-corrected chi connectivity index (χ4v) is 3.15. The normalized spacial score (nSPS) is 16.6. The highest BCUT2D eigenvalue weighted by molar-refractivity contribution is 9.10. The number of hydrogen-bond donors (Lipinski definition) is 2. The van der Waals surface area contributed by atoms with Crippen LogP contribution in [0, 0.1) is 5.41 Å². The van der Waals surface area contributed by atoms with Gasteiger partial charge in [-0.25, -0.2) is 0 Å². The standard InChI is InChI=1S/C19H21BrN2O/c1-19(2,3)18(23)22-16-7-5-4-6-14(16)17-11-12-10-13(20)8-9-15(12)21-17/h4-10,17,21H,11H2,1-3H3,(H,22,23). The lowest BCUT2D eigenvalue weighted by atomic mass is 9.94. The molecular weight excluding hydrogens is 352 g/mol. The summed E-state index contributed by atoms with van der Waals surface area (Å²) in [6, 6.07) is 14.5. The van der Waals surface area contributed by atoms with Gasteiger partial charge in [0, 0.05) is 21.3 Å². The van der Waals surface area contributed by atoms with Crippen molar-refractivity contribution in [3.05, 3.63) is 58.1 Å². The summed E-state index contributed by atoms with van der Waals surface area (Å²) in [6.45, 7) is 5.77. The second kappa shape index (κ2) is 6.00. The average Bonchev–Trinajstić information content (AvgIpc) is 2.89. The summed E-state index contributed by atoms with van der Waals surface area (Å²) >= 11 is 3.53. The van der Waals surface area contributed by atoms with Crippen molar-refractivity contribution in [2.75, 3.05) is 10.6 Å². The fourth-order valence-electron chi connectivity index (χ4n) is 2.74. The lowest BCUT2D eigenvalue weighted by molar-refractivity contribution is -0.123. The SMILES string of the molecule is CC(C)(C)C(=O)Nc1ccccc1C1Cc2cc(Br)ccc2N1. The predicted octanol–water partition coefficient (Wildman–Crippen LogP) is 5.14. The predicted molar refractivity (Wildman–Crippen MR) is 98.7 cm³/mol. The van der Waals surface area contributed by atoms with Gasteiger partial charge < -0.3 is 10.6 Å². The van der Waals surface area contributed by atoms with Crippen LogP contribution in [0.1, 0.15) is 37.9 Å². The van der Waals surface area contributed by atoms with Crippen LogP contribution in [0.4, 0.5) is 11.4 Å². The summed E-state index contributed by atoms with van der Waals surface area (Å²) in [7, 11) is 0. The van der Waals surface area contributed by atoms with Crippen LogP contribution in [-0.4, -0.2) is 5.91 Å². The molecule has 23 heavy (non-hydrogen) atoms. The van der Waals surface area contributed by atoms with Crippen LogP contribution in [0.3, 0.4) is 0 Å². The Bertz CT molecular complexity index is 749. The van der Waals surface area contributed by atoms with Gasteiger partial charge in [0.25, 0.3) is 0 Å². The van der Waals surface area contributed by atoms with E-state index in [0.717, 1.165) is 27.8 Å². The molecule has 120 valence electrons. The lowest BCUT2D eigenvalue weighted by Crippen LogP contribution is -2.28. The maximum absolute atomic E-state index is 12.3. The third kappa shape index (κ3) is 3.42. The molecule has 1 amide bonds. The van der Waals surface area contributed by atoms with Crippen LogP contribution in [0.2, 0.25) is 0 Å². The van der Waals surface area contributed by atoms with E-state index in [-0.39, 0.29) is 11.9 Å². The number of rotatable bonds is 2. The third-order valence-electron chi connectivity index (χ3n) is 4.09. The smallest absolute Gasteiger partial charge is 0.229 e. The van der Waals surface area contributed by atoms with Crippen LogP contribution in [0.15, 0.2) is 46.9 Å². The molecular formula is C19H21BrN2O. The van der Waals surface area contributed by atoms with E-state index in [1.54, 1.807) is 0 Å². The quantitative estimate of drug-likeness (QED) is 0.765. The molecule has 3 nitrogen and oxygen atoms in total. The Labute approximate surface area is 145 Å². The molecule has 0 aliphatic carbocycles. The summed E-state index contributed by atoms with van der Waals surface area (Å²) < 4.78 is 1.09. The van der Waals surface area contributed by atoms with Crippen LogP contribution in [-0.2, 0) is 11.2 Å². The van der Waals surface area contributed by atoms with E-state index < -0.39 is 5.41 Å². The first-order valence-electron chi connectivity index (χ1n) is 7.80. The van der Waals surface area contributed by atoms with Crippen molar-refractivity contribution in [2.45, 2.75) is 33.2 Å². The van der Waals surface area contributed by atoms with Crippen molar-refractivity contribution >= 4 is 33.2 Å². The van der Waals surface area contributed by atoms with E-state index in [0.29, 0.717) is 0 Å². The average molecular weight is 373 g/mol. The molecule has 0 radical (unpaired) electrons. The van der Waals surface area contributed by atoms with Gasteiger partial charge in [0.15, 0.2) is 0 Å². The number of benzene rings is 2. The maximum atomic E-state index is 12.3. The second-order valence-electron chi connectivity index (χ2n) is 6.99. The molecule has 2 N–H and O–H groups in total. The number of nitrogens with one attached hydrogen (secondary N) is 2. The van der Waals surface area contributed by atoms with Crippen LogP contribution >= 0.6 is 15.9 Å². The molecule has 2 aromatic carbocycles. The number of halogens is 1. The molecule has 4 heteroatoms. The Morgan fingerprint density at radius 1 is 1.22 bits per heavy atom. The van der Waals surface area contributed by atoms with E-state index in [1.807, 2.05) is 45.0 Å². The molecule has 1 atom stereocenters. The Morgan fingerprint density at radius 3 is 2.70 bits per heavy atom. The van der Waals surface area contributed by atoms with Gasteiger partial charge >= 0.3 is 0 Å². The van der Waals surface area contributed by atoms with Gasteiger partial charge in [-0.15, -0.1) is 0 Å². The Kier molecular flexibility index (Phi) is 4.19. The zero-order valence-corrected chi connectivity index (χ0v) is 15.2. The number of para-hydroxylation sites is 1. The Balaban J connectivity index is 1.86. The van der Waals surface area contributed by atoms with E-state index >= 15 is 0 Å². The van der Waals surface area contributed by atoms with Crippen LogP contribution in [0.5, 0.6) is 0 Å².